The standard InChI is InChI=1S/C28H44N6O4S/c1-9-11-34(26(36)30-10-12-31(5)6)24(35)19-13-18-14-20-21(16-29)25(33(8)27(37)38-28(2,3)4)39-23(20)15-22(18)32(7)17-19/h18-19,22H,9-15,17H2,1-8H3,(H,30,36). The van der Waals surface area contributed by atoms with Gasteiger partial charge in [0.25, 0.3) is 0 Å². The van der Waals surface area contributed by atoms with E-state index in [1.54, 1.807) is 7.05 Å². The molecule has 0 spiro atoms. The molecule has 0 radical (unpaired) electrons. The molecular weight excluding hydrogens is 516 g/mol. The van der Waals surface area contributed by atoms with E-state index in [9.17, 15) is 19.6 Å². The predicted octanol–water partition coefficient (Wildman–Crippen LogP) is 3.54. The van der Waals surface area contributed by atoms with Gasteiger partial charge in [0, 0.05) is 44.1 Å². The molecule has 1 aromatic heterocycles. The average molecular weight is 561 g/mol. The molecule has 1 aromatic rings. The Balaban J connectivity index is 1.79. The maximum atomic E-state index is 13.6. The van der Waals surface area contributed by atoms with Crippen LogP contribution < -0.4 is 10.2 Å². The van der Waals surface area contributed by atoms with Crippen LogP contribution >= 0.6 is 11.3 Å². The Hall–Kier alpha value is -2.68. The molecule has 2 aliphatic rings. The van der Waals surface area contributed by atoms with Gasteiger partial charge >= 0.3 is 12.1 Å². The molecule has 1 aliphatic carbocycles. The van der Waals surface area contributed by atoms with Gasteiger partial charge in [0.15, 0.2) is 0 Å². The third-order valence-electron chi connectivity index (χ3n) is 7.37. The number of nitrogens with zero attached hydrogens (tertiary/aromatic N) is 5. The van der Waals surface area contributed by atoms with Crippen LogP contribution in [0, 0.1) is 23.2 Å². The monoisotopic (exact) mass is 560 g/mol. The number of ether oxygens (including phenoxy) is 1. The lowest BCUT2D eigenvalue weighted by Crippen LogP contribution is -2.55. The number of likely N-dealkylation sites (N-methyl/N-ethyl adjacent to an activating group) is 2. The van der Waals surface area contributed by atoms with E-state index in [1.807, 2.05) is 53.7 Å². The molecule has 0 aromatic carbocycles. The number of fused-ring (bicyclic) bond motifs is 2. The first-order chi connectivity index (χ1) is 18.3. The number of piperidine rings is 1. The number of urea groups is 1. The van der Waals surface area contributed by atoms with Gasteiger partial charge in [-0.05, 0) is 79.1 Å². The topological polar surface area (TPSA) is 109 Å². The van der Waals surface area contributed by atoms with Crippen LogP contribution in [0.15, 0.2) is 0 Å². The smallest absolute Gasteiger partial charge is 0.415 e. The molecule has 0 bridgehead atoms. The second kappa shape index (κ2) is 12.7. The molecule has 1 fully saturated rings. The summed E-state index contributed by atoms with van der Waals surface area (Å²) in [6.45, 7) is 9.56. The summed E-state index contributed by atoms with van der Waals surface area (Å²) in [4.78, 5) is 47.4. The zero-order chi connectivity index (χ0) is 29.1. The number of carbonyl (C=O) groups excluding carboxylic acids is 3. The fourth-order valence-electron chi connectivity index (χ4n) is 5.49. The second-order valence-electron chi connectivity index (χ2n) is 12.0. The number of rotatable bonds is 7. The SMILES string of the molecule is CCCN(C(=O)NCCN(C)C)C(=O)C1CC2Cc3c(sc(N(C)C(=O)OC(C)(C)C)c3C#N)CC2N(C)C1. The normalized spacial score (nSPS) is 21.0. The number of anilines is 1. The quantitative estimate of drug-likeness (QED) is 0.543. The molecule has 4 amide bonds. The minimum absolute atomic E-state index is 0.133. The number of imide groups is 1. The van der Waals surface area contributed by atoms with Crippen molar-refractivity contribution in [1.29, 1.82) is 5.26 Å². The van der Waals surface area contributed by atoms with Gasteiger partial charge in [-0.1, -0.05) is 6.92 Å². The van der Waals surface area contributed by atoms with E-state index < -0.39 is 11.7 Å². The Labute approximate surface area is 236 Å². The minimum atomic E-state index is -0.636. The van der Waals surface area contributed by atoms with Crippen molar-refractivity contribution >= 4 is 34.4 Å². The van der Waals surface area contributed by atoms with Crippen molar-refractivity contribution < 1.29 is 19.1 Å². The van der Waals surface area contributed by atoms with Gasteiger partial charge in [-0.2, -0.15) is 5.26 Å². The van der Waals surface area contributed by atoms with E-state index in [2.05, 4.69) is 16.3 Å². The van der Waals surface area contributed by atoms with Crippen LogP contribution in [0.25, 0.3) is 0 Å². The molecule has 3 atom stereocenters. The summed E-state index contributed by atoms with van der Waals surface area (Å²) >= 11 is 1.48. The second-order valence-corrected chi connectivity index (χ2v) is 13.1. The van der Waals surface area contributed by atoms with Crippen LogP contribution in [0.3, 0.4) is 0 Å². The molecular formula is C28H44N6O4S. The fourth-order valence-corrected chi connectivity index (χ4v) is 6.77. The summed E-state index contributed by atoms with van der Waals surface area (Å²) in [7, 11) is 7.56. The summed E-state index contributed by atoms with van der Waals surface area (Å²) in [5.74, 6) is -0.254. The molecule has 10 nitrogen and oxygen atoms in total. The lowest BCUT2D eigenvalue weighted by Gasteiger charge is -2.45. The highest BCUT2D eigenvalue weighted by Gasteiger charge is 2.43. The number of carbonyl (C=O) groups is 3. The Kier molecular flexibility index (Phi) is 10.0. The molecule has 39 heavy (non-hydrogen) atoms. The van der Waals surface area contributed by atoms with Gasteiger partial charge in [0.2, 0.25) is 5.91 Å². The van der Waals surface area contributed by atoms with E-state index >= 15 is 0 Å². The molecule has 2 heterocycles. The summed E-state index contributed by atoms with van der Waals surface area (Å²) in [5.41, 5.74) is 0.858. The van der Waals surface area contributed by atoms with Crippen LogP contribution in [-0.2, 0) is 22.4 Å². The lowest BCUT2D eigenvalue weighted by molar-refractivity contribution is -0.136. The Morgan fingerprint density at radius 2 is 1.87 bits per heavy atom. The van der Waals surface area contributed by atoms with Crippen molar-refractivity contribution in [1.82, 2.24) is 20.0 Å². The number of amides is 4. The first-order valence-corrected chi connectivity index (χ1v) is 14.5. The third-order valence-corrected chi connectivity index (χ3v) is 8.70. The molecule has 3 rings (SSSR count). The number of likely N-dealkylation sites (tertiary alicyclic amines) is 1. The van der Waals surface area contributed by atoms with Crippen molar-refractivity contribution in [2.75, 3.05) is 59.3 Å². The molecule has 3 unspecified atom stereocenters. The summed E-state index contributed by atoms with van der Waals surface area (Å²) in [6.07, 6.45) is 2.30. The van der Waals surface area contributed by atoms with Crippen LogP contribution in [0.2, 0.25) is 0 Å². The van der Waals surface area contributed by atoms with Crippen LogP contribution in [0.1, 0.15) is 56.5 Å². The van der Waals surface area contributed by atoms with Gasteiger partial charge in [0.05, 0.1) is 11.5 Å². The van der Waals surface area contributed by atoms with E-state index in [0.29, 0.717) is 56.0 Å². The maximum Gasteiger partial charge on any atom is 0.415 e. The van der Waals surface area contributed by atoms with Crippen LogP contribution in [0.5, 0.6) is 0 Å². The van der Waals surface area contributed by atoms with Crippen LogP contribution in [0.4, 0.5) is 14.6 Å². The van der Waals surface area contributed by atoms with E-state index in [4.69, 9.17) is 4.74 Å². The minimum Gasteiger partial charge on any atom is -0.443 e. The number of nitrogens with one attached hydrogen (secondary N) is 1. The first-order valence-electron chi connectivity index (χ1n) is 13.7. The Morgan fingerprint density at radius 3 is 2.46 bits per heavy atom. The van der Waals surface area contributed by atoms with Crippen molar-refractivity contribution in [3.05, 3.63) is 16.0 Å². The van der Waals surface area contributed by atoms with E-state index in [0.717, 1.165) is 16.9 Å². The molecule has 1 aliphatic heterocycles. The lowest BCUT2D eigenvalue weighted by atomic mass is 9.74. The Bertz CT molecular complexity index is 1100. The van der Waals surface area contributed by atoms with Gasteiger partial charge < -0.3 is 19.9 Å². The average Bonchev–Trinajstić information content (AvgIpc) is 3.21. The van der Waals surface area contributed by atoms with Crippen LogP contribution in [-0.4, -0.2) is 98.7 Å². The third kappa shape index (κ3) is 7.29. The highest BCUT2D eigenvalue weighted by Crippen LogP contribution is 2.45. The molecule has 1 saturated heterocycles. The van der Waals surface area contributed by atoms with Crippen molar-refractivity contribution in [3.63, 3.8) is 0 Å². The van der Waals surface area contributed by atoms with E-state index in [1.165, 1.54) is 21.1 Å². The van der Waals surface area contributed by atoms with E-state index in [-0.39, 0.29) is 29.8 Å². The highest BCUT2D eigenvalue weighted by molar-refractivity contribution is 7.16. The van der Waals surface area contributed by atoms with Gasteiger partial charge in [-0.25, -0.2) is 9.59 Å². The van der Waals surface area contributed by atoms with Crippen molar-refractivity contribution in [3.8, 4) is 6.07 Å². The van der Waals surface area contributed by atoms with Crippen molar-refractivity contribution in [2.45, 2.75) is 65.0 Å². The van der Waals surface area contributed by atoms with Crippen molar-refractivity contribution in [2.24, 2.45) is 11.8 Å². The Morgan fingerprint density at radius 1 is 1.18 bits per heavy atom. The zero-order valence-electron chi connectivity index (χ0n) is 24.7. The highest BCUT2D eigenvalue weighted by atomic mass is 32.1. The number of hydrogen-bond donors (Lipinski definition) is 1. The fraction of sp³-hybridized carbons (Fsp3) is 0.714. The largest absolute Gasteiger partial charge is 0.443 e. The number of thiophene rings is 1. The van der Waals surface area contributed by atoms with Gasteiger partial charge in [-0.3, -0.25) is 14.6 Å². The summed E-state index contributed by atoms with van der Waals surface area (Å²) in [6, 6.07) is 2.24. The molecule has 216 valence electrons. The molecule has 0 saturated carbocycles. The summed E-state index contributed by atoms with van der Waals surface area (Å²) in [5, 5.41) is 13.6. The van der Waals surface area contributed by atoms with Gasteiger partial charge in [-0.15, -0.1) is 11.3 Å². The zero-order valence-corrected chi connectivity index (χ0v) is 25.5. The molecule has 11 heteroatoms. The molecule has 1 N–H and O–H groups in total. The van der Waals surface area contributed by atoms with Gasteiger partial charge in [0.1, 0.15) is 16.7 Å². The first kappa shape index (κ1) is 30.9. The number of hydrogen-bond acceptors (Lipinski definition) is 8. The number of nitriles is 1. The maximum absolute atomic E-state index is 13.6. The predicted molar refractivity (Wildman–Crippen MR) is 153 cm³/mol. The summed E-state index contributed by atoms with van der Waals surface area (Å²) < 4.78 is 5.53.